The molecule has 1 heterocycles. The van der Waals surface area contributed by atoms with Gasteiger partial charge in [-0.3, -0.25) is 9.78 Å². The van der Waals surface area contributed by atoms with Gasteiger partial charge in [0.1, 0.15) is 6.54 Å². The molecule has 1 aromatic rings. The molecule has 1 N–H and O–H groups in total. The average Bonchev–Trinajstić information content (AvgIpc) is 2.33. The highest BCUT2D eigenvalue weighted by Gasteiger charge is 2.14. The Morgan fingerprint density at radius 2 is 2.05 bits per heavy atom. The van der Waals surface area contributed by atoms with E-state index in [1.165, 1.54) is 6.20 Å². The summed E-state index contributed by atoms with van der Waals surface area (Å²) in [7, 11) is 3.87. The number of anilines is 1. The number of carbonyl (C=O) groups is 1. The van der Waals surface area contributed by atoms with Gasteiger partial charge in [0.05, 0.1) is 18.5 Å². The molecule has 0 radical (unpaired) electrons. The van der Waals surface area contributed by atoms with Gasteiger partial charge in [-0.1, -0.05) is 0 Å². The zero-order valence-corrected chi connectivity index (χ0v) is 12.4. The number of aliphatic carboxylic acids is 1. The number of hydrogen-bond acceptors (Lipinski definition) is 6. The molecule has 0 spiro atoms. The molecule has 7 heteroatoms. The second kappa shape index (κ2) is 7.64. The molecule has 0 aliphatic rings. The van der Waals surface area contributed by atoms with Gasteiger partial charge in [-0.2, -0.15) is 4.98 Å². The number of aromatic nitrogens is 2. The van der Waals surface area contributed by atoms with E-state index in [2.05, 4.69) is 9.97 Å². The van der Waals surface area contributed by atoms with Gasteiger partial charge in [-0.15, -0.1) is 0 Å². The zero-order valence-electron chi connectivity index (χ0n) is 12.4. The van der Waals surface area contributed by atoms with Crippen molar-refractivity contribution in [3.8, 4) is 5.88 Å². The highest BCUT2D eigenvalue weighted by atomic mass is 16.5. The maximum Gasteiger partial charge on any atom is 0.323 e. The molecular formula is C13H22N4O3. The third kappa shape index (κ3) is 5.83. The van der Waals surface area contributed by atoms with Crippen LogP contribution in [0, 0.1) is 0 Å². The third-order valence-electron chi connectivity index (χ3n) is 2.42. The summed E-state index contributed by atoms with van der Waals surface area (Å²) in [5, 5.41) is 8.99. The van der Waals surface area contributed by atoms with Crippen LogP contribution in [0.3, 0.4) is 0 Å². The summed E-state index contributed by atoms with van der Waals surface area (Å²) >= 11 is 0. The van der Waals surface area contributed by atoms with Crippen LogP contribution in [0.25, 0.3) is 0 Å². The lowest BCUT2D eigenvalue weighted by molar-refractivity contribution is -0.135. The fourth-order valence-electron chi connectivity index (χ4n) is 1.55. The maximum atomic E-state index is 11.0. The summed E-state index contributed by atoms with van der Waals surface area (Å²) in [6.45, 7) is 4.96. The van der Waals surface area contributed by atoms with E-state index in [4.69, 9.17) is 9.84 Å². The molecule has 1 aromatic heterocycles. The molecule has 20 heavy (non-hydrogen) atoms. The first-order valence-electron chi connectivity index (χ1n) is 6.48. The predicted molar refractivity (Wildman–Crippen MR) is 76.2 cm³/mol. The van der Waals surface area contributed by atoms with Crippen LogP contribution in [0.4, 0.5) is 5.82 Å². The summed E-state index contributed by atoms with van der Waals surface area (Å²) in [5.41, 5.74) is 0. The van der Waals surface area contributed by atoms with Gasteiger partial charge < -0.3 is 19.6 Å². The Hall–Kier alpha value is -1.89. The minimum absolute atomic E-state index is 0.00533. The van der Waals surface area contributed by atoms with E-state index >= 15 is 0 Å². The smallest absolute Gasteiger partial charge is 0.323 e. The van der Waals surface area contributed by atoms with Gasteiger partial charge in [-0.05, 0) is 27.9 Å². The monoisotopic (exact) mass is 282 g/mol. The molecule has 0 amide bonds. The highest BCUT2D eigenvalue weighted by molar-refractivity contribution is 5.73. The number of hydrogen-bond donors (Lipinski definition) is 1. The van der Waals surface area contributed by atoms with Crippen LogP contribution >= 0.6 is 0 Å². The van der Waals surface area contributed by atoms with Crippen molar-refractivity contribution in [3.05, 3.63) is 12.4 Å². The Morgan fingerprint density at radius 3 is 2.60 bits per heavy atom. The van der Waals surface area contributed by atoms with Crippen molar-refractivity contribution in [1.29, 1.82) is 0 Å². The number of likely N-dealkylation sites (N-methyl/N-ethyl adjacent to an activating group) is 1. The van der Waals surface area contributed by atoms with E-state index in [-0.39, 0.29) is 12.6 Å². The quantitative estimate of drug-likeness (QED) is 0.752. The van der Waals surface area contributed by atoms with E-state index in [9.17, 15) is 4.79 Å². The molecule has 0 atom stereocenters. The third-order valence-corrected chi connectivity index (χ3v) is 2.42. The molecule has 112 valence electrons. The van der Waals surface area contributed by atoms with Crippen molar-refractivity contribution in [1.82, 2.24) is 14.9 Å². The van der Waals surface area contributed by atoms with Gasteiger partial charge in [-0.25, -0.2) is 0 Å². The van der Waals surface area contributed by atoms with Crippen LogP contribution in [-0.2, 0) is 4.79 Å². The largest absolute Gasteiger partial charge is 0.480 e. The fraction of sp³-hybridized carbons (Fsp3) is 0.615. The summed E-state index contributed by atoms with van der Waals surface area (Å²) in [6, 6.07) is 0. The Morgan fingerprint density at radius 1 is 1.35 bits per heavy atom. The second-order valence-corrected chi connectivity index (χ2v) is 5.00. The van der Waals surface area contributed by atoms with Crippen LogP contribution in [-0.4, -0.2) is 65.8 Å². The number of carboxylic acids is 1. The van der Waals surface area contributed by atoms with Gasteiger partial charge in [0, 0.05) is 13.1 Å². The summed E-state index contributed by atoms with van der Waals surface area (Å²) in [4.78, 5) is 23.0. The molecule has 7 nitrogen and oxygen atoms in total. The molecule has 0 aliphatic heterocycles. The normalized spacial score (nSPS) is 10.9. The lowest BCUT2D eigenvalue weighted by Crippen LogP contribution is -2.36. The van der Waals surface area contributed by atoms with E-state index in [0.717, 1.165) is 6.54 Å². The lowest BCUT2D eigenvalue weighted by Gasteiger charge is -2.23. The molecule has 0 bridgehead atoms. The van der Waals surface area contributed by atoms with E-state index < -0.39 is 5.97 Å². The Balaban J connectivity index is 2.85. The lowest BCUT2D eigenvalue weighted by atomic mass is 10.4. The molecule has 0 aliphatic carbocycles. The SMILES string of the molecule is CC(C)Oc1cncc(N(CCN(C)C)CC(=O)O)n1. The summed E-state index contributed by atoms with van der Waals surface area (Å²) in [6.07, 6.45) is 3.06. The van der Waals surface area contributed by atoms with Crippen molar-refractivity contribution in [3.63, 3.8) is 0 Å². The van der Waals surface area contributed by atoms with E-state index in [0.29, 0.717) is 18.2 Å². The Bertz CT molecular complexity index is 437. The van der Waals surface area contributed by atoms with Crippen molar-refractivity contribution >= 4 is 11.8 Å². The van der Waals surface area contributed by atoms with Crippen molar-refractivity contribution < 1.29 is 14.6 Å². The first-order chi connectivity index (χ1) is 9.38. The minimum Gasteiger partial charge on any atom is -0.480 e. The van der Waals surface area contributed by atoms with Crippen LogP contribution in [0.15, 0.2) is 12.4 Å². The summed E-state index contributed by atoms with van der Waals surface area (Å²) < 4.78 is 5.48. The van der Waals surface area contributed by atoms with E-state index in [1.54, 1.807) is 11.1 Å². The number of rotatable bonds is 8. The first kappa shape index (κ1) is 16.2. The zero-order chi connectivity index (χ0) is 15.1. The van der Waals surface area contributed by atoms with Crippen molar-refractivity contribution in [2.45, 2.75) is 20.0 Å². The van der Waals surface area contributed by atoms with Gasteiger partial charge in [0.2, 0.25) is 5.88 Å². The number of carboxylic acid groups (broad SMARTS) is 1. The number of nitrogens with zero attached hydrogens (tertiary/aromatic N) is 4. The highest BCUT2D eigenvalue weighted by Crippen LogP contribution is 2.14. The maximum absolute atomic E-state index is 11.0. The van der Waals surface area contributed by atoms with Gasteiger partial charge in [0.15, 0.2) is 5.82 Å². The first-order valence-corrected chi connectivity index (χ1v) is 6.48. The van der Waals surface area contributed by atoms with Crippen LogP contribution in [0.2, 0.25) is 0 Å². The summed E-state index contributed by atoms with van der Waals surface area (Å²) in [5.74, 6) is 0.00544. The minimum atomic E-state index is -0.902. The fourth-order valence-corrected chi connectivity index (χ4v) is 1.55. The van der Waals surface area contributed by atoms with Crippen LogP contribution < -0.4 is 9.64 Å². The molecule has 0 fully saturated rings. The average molecular weight is 282 g/mol. The molecular weight excluding hydrogens is 260 g/mol. The molecule has 0 saturated heterocycles. The van der Waals surface area contributed by atoms with Crippen LogP contribution in [0.1, 0.15) is 13.8 Å². The predicted octanol–water partition coefficient (Wildman–Crippen LogP) is 0.716. The Kier molecular flexibility index (Phi) is 6.17. The number of ether oxygens (including phenoxy) is 1. The standard InChI is InChI=1S/C13H22N4O3/c1-10(2)20-12-8-14-7-11(15-12)17(9-13(18)19)6-5-16(3)4/h7-8,10H,5-6,9H2,1-4H3,(H,18,19). The molecule has 0 saturated carbocycles. The van der Waals surface area contributed by atoms with Crippen LogP contribution in [0.5, 0.6) is 5.88 Å². The Labute approximate surface area is 119 Å². The molecule has 0 aromatic carbocycles. The van der Waals surface area contributed by atoms with E-state index in [1.807, 2.05) is 32.8 Å². The van der Waals surface area contributed by atoms with Crippen molar-refractivity contribution in [2.24, 2.45) is 0 Å². The molecule has 0 unspecified atom stereocenters. The van der Waals surface area contributed by atoms with Gasteiger partial charge >= 0.3 is 5.97 Å². The molecule has 1 rings (SSSR count). The van der Waals surface area contributed by atoms with Gasteiger partial charge in [0.25, 0.3) is 0 Å². The topological polar surface area (TPSA) is 78.8 Å². The van der Waals surface area contributed by atoms with Crippen molar-refractivity contribution in [2.75, 3.05) is 38.6 Å². The second-order valence-electron chi connectivity index (χ2n) is 5.00.